The lowest BCUT2D eigenvalue weighted by Crippen LogP contribution is -2.51. The van der Waals surface area contributed by atoms with Crippen molar-refractivity contribution in [1.82, 2.24) is 10.2 Å². The lowest BCUT2D eigenvalue weighted by atomic mass is 10.0. The fraction of sp³-hybridized carbons (Fsp3) is 0.600. The normalized spacial score (nSPS) is 13.5. The minimum atomic E-state index is -1.08. The van der Waals surface area contributed by atoms with E-state index in [2.05, 4.69) is 19.2 Å². The number of carboxylic acid groups (broad SMARTS) is 1. The first-order chi connectivity index (χ1) is 9.66. The highest BCUT2D eigenvalue weighted by Gasteiger charge is 2.33. The maximum atomic E-state index is 12.2. The van der Waals surface area contributed by atoms with Gasteiger partial charge in [-0.1, -0.05) is 19.9 Å². The van der Waals surface area contributed by atoms with E-state index in [9.17, 15) is 14.7 Å². The van der Waals surface area contributed by atoms with Crippen LogP contribution in [0, 0.1) is 5.92 Å². The van der Waals surface area contributed by atoms with Gasteiger partial charge in [0.1, 0.15) is 5.54 Å². The minimum Gasteiger partial charge on any atom is -0.480 e. The maximum Gasteiger partial charge on any atom is 0.323 e. The van der Waals surface area contributed by atoms with Gasteiger partial charge in [-0.25, -0.2) is 0 Å². The fourth-order valence-corrected chi connectivity index (χ4v) is 2.78. The lowest BCUT2D eigenvalue weighted by molar-refractivity contribution is -0.149. The zero-order chi connectivity index (χ0) is 16.2. The third-order valence-electron chi connectivity index (χ3n) is 3.69. The molecule has 0 aromatic carbocycles. The fourth-order valence-electron chi connectivity index (χ4n) is 1.83. The summed E-state index contributed by atoms with van der Waals surface area (Å²) in [6.07, 6.45) is 0. The Morgan fingerprint density at radius 1 is 1.43 bits per heavy atom. The molecule has 21 heavy (non-hydrogen) atoms. The number of rotatable bonds is 7. The topological polar surface area (TPSA) is 69.6 Å². The number of nitrogens with zero attached hydrogens (tertiary/aromatic N) is 1. The number of hydrogen-bond acceptors (Lipinski definition) is 4. The largest absolute Gasteiger partial charge is 0.480 e. The summed E-state index contributed by atoms with van der Waals surface area (Å²) in [7, 11) is 1.64. The lowest BCUT2D eigenvalue weighted by Gasteiger charge is -2.31. The second-order valence-corrected chi connectivity index (χ2v) is 7.00. The van der Waals surface area contributed by atoms with E-state index in [0.29, 0.717) is 0 Å². The molecule has 0 spiro atoms. The summed E-state index contributed by atoms with van der Waals surface area (Å²) in [6.45, 7) is 7.32. The molecule has 1 atom stereocenters. The Morgan fingerprint density at radius 2 is 2.05 bits per heavy atom. The average molecular weight is 312 g/mol. The van der Waals surface area contributed by atoms with Gasteiger partial charge >= 0.3 is 5.97 Å². The van der Waals surface area contributed by atoms with Crippen molar-refractivity contribution in [3.63, 3.8) is 0 Å². The van der Waals surface area contributed by atoms with Crippen molar-refractivity contribution in [2.24, 2.45) is 5.92 Å². The number of amides is 1. The van der Waals surface area contributed by atoms with Gasteiger partial charge in [0, 0.05) is 4.88 Å². The van der Waals surface area contributed by atoms with Gasteiger partial charge in [-0.3, -0.25) is 14.5 Å². The molecular weight excluding hydrogens is 288 g/mol. The Labute approximate surface area is 130 Å². The highest BCUT2D eigenvalue weighted by atomic mass is 32.1. The predicted octanol–water partition coefficient (Wildman–Crippen LogP) is 2.36. The number of carbonyl (C=O) groups excluding carboxylic acids is 1. The number of hydrogen-bond donors (Lipinski definition) is 2. The molecule has 0 fully saturated rings. The third kappa shape index (κ3) is 4.54. The molecule has 6 heteroatoms. The molecule has 0 aliphatic heterocycles. The second kappa shape index (κ2) is 7.04. The number of nitrogens with one attached hydrogen (secondary N) is 1. The first-order valence-corrected chi connectivity index (χ1v) is 7.81. The molecule has 1 amide bonds. The molecule has 0 saturated carbocycles. The van der Waals surface area contributed by atoms with Crippen LogP contribution in [0.1, 0.15) is 38.6 Å². The van der Waals surface area contributed by atoms with Crippen molar-refractivity contribution in [3.8, 4) is 0 Å². The van der Waals surface area contributed by atoms with E-state index in [-0.39, 0.29) is 24.4 Å². The Balaban J connectivity index is 2.70. The van der Waals surface area contributed by atoms with Crippen LogP contribution in [0.25, 0.3) is 0 Å². The molecule has 0 aliphatic carbocycles. The quantitative estimate of drug-likeness (QED) is 0.811. The van der Waals surface area contributed by atoms with Gasteiger partial charge in [0.05, 0.1) is 12.6 Å². The van der Waals surface area contributed by atoms with E-state index in [1.807, 2.05) is 17.5 Å². The van der Waals surface area contributed by atoms with Crippen LogP contribution in [-0.4, -0.2) is 41.0 Å². The van der Waals surface area contributed by atoms with E-state index < -0.39 is 11.5 Å². The Morgan fingerprint density at radius 3 is 2.48 bits per heavy atom. The van der Waals surface area contributed by atoms with Crippen LogP contribution in [0.5, 0.6) is 0 Å². The van der Waals surface area contributed by atoms with Gasteiger partial charge in [-0.05, 0) is 38.3 Å². The Kier molecular flexibility index (Phi) is 5.92. The summed E-state index contributed by atoms with van der Waals surface area (Å²) in [5.74, 6) is -0.846. The Bertz CT molecular complexity index is 483. The second-order valence-electron chi connectivity index (χ2n) is 6.02. The van der Waals surface area contributed by atoms with E-state index in [1.165, 1.54) is 4.90 Å². The molecule has 0 aliphatic rings. The molecule has 1 aromatic heterocycles. The van der Waals surface area contributed by atoms with E-state index in [1.54, 1.807) is 32.2 Å². The van der Waals surface area contributed by atoms with Crippen LogP contribution >= 0.6 is 11.3 Å². The molecule has 5 nitrogen and oxygen atoms in total. The number of likely N-dealkylation sites (N-methyl/N-ethyl adjacent to an activating group) is 1. The summed E-state index contributed by atoms with van der Waals surface area (Å²) >= 11 is 1.61. The van der Waals surface area contributed by atoms with Crippen molar-refractivity contribution >= 4 is 23.2 Å². The van der Waals surface area contributed by atoms with Gasteiger partial charge in [0.15, 0.2) is 0 Å². The molecule has 118 valence electrons. The summed E-state index contributed by atoms with van der Waals surface area (Å²) in [6, 6.07) is 3.92. The van der Waals surface area contributed by atoms with Crippen molar-refractivity contribution in [1.29, 1.82) is 0 Å². The molecule has 0 saturated heterocycles. The van der Waals surface area contributed by atoms with Crippen molar-refractivity contribution < 1.29 is 14.7 Å². The van der Waals surface area contributed by atoms with Gasteiger partial charge in [-0.15, -0.1) is 11.3 Å². The molecule has 1 rings (SSSR count). The molecule has 1 heterocycles. The van der Waals surface area contributed by atoms with Crippen molar-refractivity contribution in [2.45, 2.75) is 39.3 Å². The van der Waals surface area contributed by atoms with Crippen LogP contribution < -0.4 is 5.32 Å². The highest BCUT2D eigenvalue weighted by molar-refractivity contribution is 7.10. The number of carbonyl (C=O) groups is 2. The number of aliphatic carboxylic acids is 1. The average Bonchev–Trinajstić information content (AvgIpc) is 2.88. The predicted molar refractivity (Wildman–Crippen MR) is 84.4 cm³/mol. The summed E-state index contributed by atoms with van der Waals surface area (Å²) in [5.41, 5.74) is -1.08. The Hall–Kier alpha value is -1.40. The van der Waals surface area contributed by atoms with Gasteiger partial charge in [-0.2, -0.15) is 0 Å². The SMILES string of the molecule is CC(C)C(NC(=O)CN(C)C(C)(C)C(=O)O)c1cccs1. The third-order valence-corrected chi connectivity index (χ3v) is 4.65. The molecule has 2 N–H and O–H groups in total. The van der Waals surface area contributed by atoms with Crippen molar-refractivity contribution in [3.05, 3.63) is 22.4 Å². The number of carboxylic acids is 1. The molecule has 0 radical (unpaired) electrons. The minimum absolute atomic E-state index is 0.0427. The summed E-state index contributed by atoms with van der Waals surface area (Å²) < 4.78 is 0. The number of thiophene rings is 1. The van der Waals surface area contributed by atoms with Gasteiger partial charge in [0.2, 0.25) is 5.91 Å². The summed E-state index contributed by atoms with van der Waals surface area (Å²) in [4.78, 5) is 26.0. The highest BCUT2D eigenvalue weighted by Crippen LogP contribution is 2.25. The zero-order valence-electron chi connectivity index (χ0n) is 13.2. The smallest absolute Gasteiger partial charge is 0.323 e. The van der Waals surface area contributed by atoms with Crippen LogP contribution in [0.15, 0.2) is 17.5 Å². The zero-order valence-corrected chi connectivity index (χ0v) is 14.0. The molecule has 1 aromatic rings. The standard InChI is InChI=1S/C15H24N2O3S/c1-10(2)13(11-7-6-8-21-11)16-12(18)9-17(5)15(3,4)14(19)20/h6-8,10,13H,9H2,1-5H3,(H,16,18)(H,19,20). The molecule has 0 bridgehead atoms. The van der Waals surface area contributed by atoms with Gasteiger partial charge < -0.3 is 10.4 Å². The van der Waals surface area contributed by atoms with Crippen LogP contribution in [0.2, 0.25) is 0 Å². The van der Waals surface area contributed by atoms with Crippen molar-refractivity contribution in [2.75, 3.05) is 13.6 Å². The van der Waals surface area contributed by atoms with Crippen LogP contribution in [0.3, 0.4) is 0 Å². The maximum absolute atomic E-state index is 12.2. The van der Waals surface area contributed by atoms with Crippen LogP contribution in [-0.2, 0) is 9.59 Å². The first kappa shape index (κ1) is 17.7. The monoisotopic (exact) mass is 312 g/mol. The van der Waals surface area contributed by atoms with E-state index in [0.717, 1.165) is 4.88 Å². The molecule has 1 unspecified atom stereocenters. The van der Waals surface area contributed by atoms with Crippen LogP contribution in [0.4, 0.5) is 0 Å². The van der Waals surface area contributed by atoms with Gasteiger partial charge in [0.25, 0.3) is 0 Å². The first-order valence-electron chi connectivity index (χ1n) is 6.93. The molecular formula is C15H24N2O3S. The van der Waals surface area contributed by atoms with E-state index in [4.69, 9.17) is 0 Å². The van der Waals surface area contributed by atoms with E-state index >= 15 is 0 Å². The summed E-state index contributed by atoms with van der Waals surface area (Å²) in [5, 5.41) is 14.2.